The van der Waals surface area contributed by atoms with Gasteiger partial charge in [-0.3, -0.25) is 10.1 Å². The van der Waals surface area contributed by atoms with Gasteiger partial charge in [0.2, 0.25) is 0 Å². The second-order valence-corrected chi connectivity index (χ2v) is 3.39. The first-order valence-corrected chi connectivity index (χ1v) is 4.89. The maximum atomic E-state index is 10.7. The highest BCUT2D eigenvalue weighted by atomic mass is 16.6. The third kappa shape index (κ3) is 3.40. The van der Waals surface area contributed by atoms with E-state index in [4.69, 9.17) is 20.1 Å². The first kappa shape index (κ1) is 13.9. The predicted octanol–water partition coefficient (Wildman–Crippen LogP) is 0.0250. The number of nitro benzene ring substituents is 1. The first-order valence-electron chi connectivity index (χ1n) is 4.89. The van der Waals surface area contributed by atoms with Gasteiger partial charge in [-0.25, -0.2) is 4.79 Å². The van der Waals surface area contributed by atoms with Gasteiger partial charge in [-0.2, -0.15) is 0 Å². The number of hydrogen-bond acceptors (Lipinski definition) is 6. The number of rotatable bonds is 6. The number of carboxylic acid groups (broad SMARTS) is 1. The lowest BCUT2D eigenvalue weighted by atomic mass is 10.2. The Bertz CT molecular complexity index is 460. The van der Waals surface area contributed by atoms with E-state index in [1.54, 1.807) is 0 Å². The number of carbonyl (C=O) groups is 1. The number of hydrogen-bond donors (Lipinski definition) is 3. The molecule has 0 radical (unpaired) electrons. The topological polar surface area (TPSA) is 130 Å². The van der Waals surface area contributed by atoms with E-state index in [0.29, 0.717) is 0 Å². The monoisotopic (exact) mass is 257 g/mol. The average molecular weight is 257 g/mol. The van der Waals surface area contributed by atoms with Gasteiger partial charge in [-0.15, -0.1) is 0 Å². The van der Waals surface area contributed by atoms with Crippen molar-refractivity contribution in [2.24, 2.45) is 0 Å². The molecule has 98 valence electrons. The Morgan fingerprint density at radius 1 is 1.50 bits per heavy atom. The van der Waals surface area contributed by atoms with Gasteiger partial charge in [0.05, 0.1) is 17.1 Å². The van der Waals surface area contributed by atoms with Crippen LogP contribution in [0.4, 0.5) is 5.69 Å². The normalized spacial score (nSPS) is 11.9. The van der Waals surface area contributed by atoms with Crippen LogP contribution in [-0.2, 0) is 0 Å². The van der Waals surface area contributed by atoms with E-state index in [2.05, 4.69) is 0 Å². The van der Waals surface area contributed by atoms with Crippen LogP contribution >= 0.6 is 0 Å². The van der Waals surface area contributed by atoms with Crippen LogP contribution in [0.3, 0.4) is 0 Å². The van der Waals surface area contributed by atoms with Crippen molar-refractivity contribution < 1.29 is 29.8 Å². The standard InChI is InChI=1S/C10H11NO7/c12-4-7(13)5-18-9-3-6(10(14)15)1-2-8(9)11(16)17/h1-3,7,12-13H,4-5H2,(H,14,15). The number of carboxylic acids is 1. The summed E-state index contributed by atoms with van der Waals surface area (Å²) < 4.78 is 4.93. The van der Waals surface area contributed by atoms with Gasteiger partial charge in [0, 0.05) is 12.1 Å². The van der Waals surface area contributed by atoms with Gasteiger partial charge in [-0.05, 0) is 6.07 Å². The van der Waals surface area contributed by atoms with Gasteiger partial charge in [0.15, 0.2) is 5.75 Å². The Hall–Kier alpha value is -2.19. The van der Waals surface area contributed by atoms with Gasteiger partial charge in [0.1, 0.15) is 12.7 Å². The minimum absolute atomic E-state index is 0.172. The lowest BCUT2D eigenvalue weighted by Gasteiger charge is -2.10. The van der Waals surface area contributed by atoms with Crippen molar-refractivity contribution in [1.82, 2.24) is 0 Å². The molecule has 18 heavy (non-hydrogen) atoms. The smallest absolute Gasteiger partial charge is 0.335 e. The number of benzene rings is 1. The number of aliphatic hydroxyl groups excluding tert-OH is 2. The second kappa shape index (κ2) is 5.94. The van der Waals surface area contributed by atoms with Crippen LogP contribution in [0.2, 0.25) is 0 Å². The lowest BCUT2D eigenvalue weighted by molar-refractivity contribution is -0.385. The molecule has 0 fully saturated rings. The van der Waals surface area contributed by atoms with E-state index >= 15 is 0 Å². The molecule has 0 amide bonds. The molecule has 0 spiro atoms. The third-order valence-corrected chi connectivity index (χ3v) is 2.05. The average Bonchev–Trinajstić information content (AvgIpc) is 2.35. The van der Waals surface area contributed by atoms with E-state index in [-0.39, 0.29) is 17.9 Å². The number of aromatic carboxylic acids is 1. The summed E-state index contributed by atoms with van der Waals surface area (Å²) in [7, 11) is 0. The highest BCUT2D eigenvalue weighted by Gasteiger charge is 2.18. The molecule has 8 heteroatoms. The van der Waals surface area contributed by atoms with Crippen LogP contribution in [0.5, 0.6) is 5.75 Å². The van der Waals surface area contributed by atoms with Gasteiger partial charge >= 0.3 is 11.7 Å². The number of nitro groups is 1. The molecule has 0 aliphatic heterocycles. The molecule has 0 aliphatic rings. The van der Waals surface area contributed by atoms with Gasteiger partial charge < -0.3 is 20.1 Å². The van der Waals surface area contributed by atoms with Crippen molar-refractivity contribution in [3.05, 3.63) is 33.9 Å². The van der Waals surface area contributed by atoms with Crippen LogP contribution < -0.4 is 4.74 Å². The zero-order valence-corrected chi connectivity index (χ0v) is 9.15. The summed E-state index contributed by atoms with van der Waals surface area (Å²) in [5.74, 6) is -1.52. The largest absolute Gasteiger partial charge is 0.484 e. The summed E-state index contributed by atoms with van der Waals surface area (Å²) in [6.07, 6.45) is -1.20. The summed E-state index contributed by atoms with van der Waals surface area (Å²) in [6, 6.07) is 3.07. The van der Waals surface area contributed by atoms with E-state index in [0.717, 1.165) is 18.2 Å². The van der Waals surface area contributed by atoms with Gasteiger partial charge in [0.25, 0.3) is 0 Å². The fourth-order valence-corrected chi connectivity index (χ4v) is 1.15. The van der Waals surface area contributed by atoms with Crippen LogP contribution in [0.1, 0.15) is 10.4 Å². The van der Waals surface area contributed by atoms with Crippen LogP contribution in [0.25, 0.3) is 0 Å². The molecule has 1 aromatic rings. The quantitative estimate of drug-likeness (QED) is 0.483. The van der Waals surface area contributed by atoms with E-state index in [9.17, 15) is 14.9 Å². The maximum Gasteiger partial charge on any atom is 0.335 e. The van der Waals surface area contributed by atoms with Crippen LogP contribution in [0.15, 0.2) is 18.2 Å². The van der Waals surface area contributed by atoms with Crippen molar-refractivity contribution >= 4 is 11.7 Å². The van der Waals surface area contributed by atoms with E-state index < -0.39 is 29.3 Å². The fourth-order valence-electron chi connectivity index (χ4n) is 1.15. The Labute approximate surface area is 101 Å². The summed E-state index contributed by atoms with van der Waals surface area (Å²) in [6.45, 7) is -0.938. The van der Waals surface area contributed by atoms with Crippen molar-refractivity contribution in [1.29, 1.82) is 0 Å². The second-order valence-electron chi connectivity index (χ2n) is 3.39. The Kier molecular flexibility index (Phi) is 4.58. The predicted molar refractivity (Wildman–Crippen MR) is 58.6 cm³/mol. The van der Waals surface area contributed by atoms with Crippen molar-refractivity contribution in [3.63, 3.8) is 0 Å². The Morgan fingerprint density at radius 3 is 2.67 bits per heavy atom. The summed E-state index contributed by atoms with van der Waals surface area (Å²) in [5, 5.41) is 37.1. The molecule has 1 rings (SSSR count). The van der Waals surface area contributed by atoms with E-state index in [1.807, 2.05) is 0 Å². The number of ether oxygens (including phenoxy) is 1. The van der Waals surface area contributed by atoms with Crippen molar-refractivity contribution in [3.8, 4) is 5.75 Å². The molecule has 0 heterocycles. The molecule has 0 bridgehead atoms. The fraction of sp³-hybridized carbons (Fsp3) is 0.300. The molecule has 0 aliphatic carbocycles. The first-order chi connectivity index (χ1) is 8.45. The summed E-state index contributed by atoms with van der Waals surface area (Å²) >= 11 is 0. The molecule has 1 atom stereocenters. The Balaban J connectivity index is 3.00. The highest BCUT2D eigenvalue weighted by Crippen LogP contribution is 2.28. The SMILES string of the molecule is O=C(O)c1ccc([N+](=O)[O-])c(OCC(O)CO)c1. The summed E-state index contributed by atoms with van der Waals surface area (Å²) in [5.41, 5.74) is -0.584. The Morgan fingerprint density at radius 2 is 2.17 bits per heavy atom. The van der Waals surface area contributed by atoms with Crippen LogP contribution in [0, 0.1) is 10.1 Å². The van der Waals surface area contributed by atoms with Crippen LogP contribution in [-0.4, -0.2) is 45.5 Å². The third-order valence-electron chi connectivity index (χ3n) is 2.05. The zero-order chi connectivity index (χ0) is 13.7. The lowest BCUT2D eigenvalue weighted by Crippen LogP contribution is -2.21. The van der Waals surface area contributed by atoms with Gasteiger partial charge in [-0.1, -0.05) is 0 Å². The molecule has 0 saturated carbocycles. The molecule has 1 unspecified atom stereocenters. The van der Waals surface area contributed by atoms with Crippen molar-refractivity contribution in [2.45, 2.75) is 6.10 Å². The zero-order valence-electron chi connectivity index (χ0n) is 9.15. The molecule has 0 aromatic heterocycles. The van der Waals surface area contributed by atoms with Crippen molar-refractivity contribution in [2.75, 3.05) is 13.2 Å². The molecule has 3 N–H and O–H groups in total. The molecular weight excluding hydrogens is 246 g/mol. The molecular formula is C10H11NO7. The highest BCUT2D eigenvalue weighted by molar-refractivity contribution is 5.88. The molecule has 1 aromatic carbocycles. The summed E-state index contributed by atoms with van der Waals surface area (Å²) in [4.78, 5) is 20.7. The maximum absolute atomic E-state index is 10.7. The molecule has 0 saturated heterocycles. The van der Waals surface area contributed by atoms with E-state index in [1.165, 1.54) is 0 Å². The minimum Gasteiger partial charge on any atom is -0.484 e. The minimum atomic E-state index is -1.25. The number of aliphatic hydroxyl groups is 2. The number of nitrogens with zero attached hydrogens (tertiary/aromatic N) is 1. The molecule has 8 nitrogen and oxygen atoms in total.